The van der Waals surface area contributed by atoms with Gasteiger partial charge < -0.3 is 4.74 Å². The summed E-state index contributed by atoms with van der Waals surface area (Å²) < 4.78 is 5.78. The van der Waals surface area contributed by atoms with Gasteiger partial charge in [-0.25, -0.2) is 4.98 Å². The smallest absolute Gasteiger partial charge is 0.218 e. The Hall–Kier alpha value is -0.760. The van der Waals surface area contributed by atoms with Gasteiger partial charge in [0.1, 0.15) is 5.60 Å². The lowest BCUT2D eigenvalue weighted by atomic mass is 10.1. The van der Waals surface area contributed by atoms with Crippen molar-refractivity contribution in [3.05, 3.63) is 23.9 Å². The lowest BCUT2D eigenvalue weighted by molar-refractivity contribution is 0.0979. The summed E-state index contributed by atoms with van der Waals surface area (Å²) in [4.78, 5) is 4.18. The predicted octanol–water partition coefficient (Wildman–Crippen LogP) is 3.39. The number of halogens is 1. The van der Waals surface area contributed by atoms with E-state index in [1.165, 1.54) is 0 Å². The van der Waals surface area contributed by atoms with Crippen LogP contribution in [0, 0.1) is 0 Å². The Kier molecular flexibility index (Phi) is 3.76. The maximum atomic E-state index is 5.78. The van der Waals surface area contributed by atoms with Crippen molar-refractivity contribution >= 4 is 11.6 Å². The van der Waals surface area contributed by atoms with Gasteiger partial charge in [0.15, 0.2) is 0 Å². The number of alkyl halides is 1. The molecular weight excluding hydrogens is 198 g/mol. The largest absolute Gasteiger partial charge is 0.471 e. The van der Waals surface area contributed by atoms with Crippen LogP contribution in [0.4, 0.5) is 0 Å². The Bertz CT molecular complexity index is 299. The molecule has 78 valence electrons. The number of aromatic nitrogens is 1. The molecule has 1 rings (SSSR count). The third-order valence-corrected chi connectivity index (χ3v) is 2.51. The topological polar surface area (TPSA) is 22.1 Å². The van der Waals surface area contributed by atoms with Crippen LogP contribution in [0.2, 0.25) is 0 Å². The number of ether oxygens (including phenoxy) is 1. The lowest BCUT2D eigenvalue weighted by Gasteiger charge is -2.24. The number of nitrogens with zero attached hydrogens (tertiary/aromatic N) is 1. The molecule has 1 aromatic heterocycles. The maximum absolute atomic E-state index is 5.78. The van der Waals surface area contributed by atoms with E-state index in [-0.39, 0.29) is 5.60 Å². The van der Waals surface area contributed by atoms with Crippen LogP contribution in [0.3, 0.4) is 0 Å². The molecule has 3 heteroatoms. The van der Waals surface area contributed by atoms with E-state index in [0.717, 1.165) is 12.0 Å². The van der Waals surface area contributed by atoms with E-state index in [2.05, 4.69) is 11.9 Å². The Morgan fingerprint density at radius 3 is 2.79 bits per heavy atom. The minimum atomic E-state index is -0.185. The summed E-state index contributed by atoms with van der Waals surface area (Å²) in [7, 11) is 0. The first-order valence-electron chi connectivity index (χ1n) is 4.78. The zero-order chi connectivity index (χ0) is 10.6. The van der Waals surface area contributed by atoms with Gasteiger partial charge in [0.2, 0.25) is 5.88 Å². The average Bonchev–Trinajstić information content (AvgIpc) is 2.18. The van der Waals surface area contributed by atoms with Gasteiger partial charge in [-0.1, -0.05) is 13.0 Å². The molecule has 0 amide bonds. The molecule has 0 unspecified atom stereocenters. The predicted molar refractivity (Wildman–Crippen MR) is 58.8 cm³/mol. The molecule has 0 radical (unpaired) electrons. The first-order valence-corrected chi connectivity index (χ1v) is 5.31. The maximum Gasteiger partial charge on any atom is 0.218 e. The van der Waals surface area contributed by atoms with Crippen LogP contribution >= 0.6 is 11.6 Å². The molecule has 0 aliphatic heterocycles. The molecule has 0 spiro atoms. The van der Waals surface area contributed by atoms with Gasteiger partial charge in [-0.15, -0.1) is 11.6 Å². The molecule has 0 fully saturated rings. The first kappa shape index (κ1) is 11.3. The van der Waals surface area contributed by atoms with Gasteiger partial charge in [0.25, 0.3) is 0 Å². The van der Waals surface area contributed by atoms with Crippen LogP contribution in [0.15, 0.2) is 18.3 Å². The summed E-state index contributed by atoms with van der Waals surface area (Å²) in [6.07, 6.45) is 2.66. The molecule has 1 aromatic rings. The number of hydrogen-bond acceptors (Lipinski definition) is 2. The molecule has 0 atom stereocenters. The first-order chi connectivity index (χ1) is 6.59. The summed E-state index contributed by atoms with van der Waals surface area (Å²) in [5.41, 5.74) is 0.755. The van der Waals surface area contributed by atoms with Crippen molar-refractivity contribution in [3.8, 4) is 5.88 Å². The van der Waals surface area contributed by atoms with Gasteiger partial charge in [-0.2, -0.15) is 0 Å². The Labute approximate surface area is 90.3 Å². The molecule has 0 saturated heterocycles. The van der Waals surface area contributed by atoms with Crippen molar-refractivity contribution in [2.45, 2.75) is 38.7 Å². The van der Waals surface area contributed by atoms with Crippen LogP contribution < -0.4 is 4.74 Å². The minimum absolute atomic E-state index is 0.185. The normalized spacial score (nSPS) is 11.4. The van der Waals surface area contributed by atoms with Crippen LogP contribution in [0.5, 0.6) is 5.88 Å². The summed E-state index contributed by atoms with van der Waals surface area (Å²) in [5, 5.41) is 0. The average molecular weight is 214 g/mol. The highest BCUT2D eigenvalue weighted by atomic mass is 35.5. The van der Waals surface area contributed by atoms with E-state index in [1.54, 1.807) is 6.20 Å². The molecule has 0 N–H and O–H groups in total. The van der Waals surface area contributed by atoms with Crippen LogP contribution in [0.25, 0.3) is 0 Å². The highest BCUT2D eigenvalue weighted by Gasteiger charge is 2.18. The quantitative estimate of drug-likeness (QED) is 0.716. The Morgan fingerprint density at radius 1 is 1.50 bits per heavy atom. The van der Waals surface area contributed by atoms with E-state index in [9.17, 15) is 0 Å². The van der Waals surface area contributed by atoms with E-state index in [1.807, 2.05) is 26.0 Å². The summed E-state index contributed by atoms with van der Waals surface area (Å²) in [6.45, 7) is 6.17. The fourth-order valence-electron chi connectivity index (χ4n) is 0.952. The fourth-order valence-corrected chi connectivity index (χ4v) is 1.15. The van der Waals surface area contributed by atoms with E-state index in [4.69, 9.17) is 16.3 Å². The summed E-state index contributed by atoms with van der Waals surface area (Å²) in [5.74, 6) is 1.08. The van der Waals surface area contributed by atoms with Crippen molar-refractivity contribution in [1.82, 2.24) is 4.98 Å². The van der Waals surface area contributed by atoms with Gasteiger partial charge >= 0.3 is 0 Å². The van der Waals surface area contributed by atoms with Crippen LogP contribution in [0.1, 0.15) is 32.8 Å². The van der Waals surface area contributed by atoms with Crippen molar-refractivity contribution in [2.24, 2.45) is 0 Å². The van der Waals surface area contributed by atoms with Crippen molar-refractivity contribution in [3.63, 3.8) is 0 Å². The van der Waals surface area contributed by atoms with Crippen LogP contribution in [-0.2, 0) is 5.88 Å². The number of pyridine rings is 1. The highest BCUT2D eigenvalue weighted by Crippen LogP contribution is 2.23. The molecule has 14 heavy (non-hydrogen) atoms. The number of rotatable bonds is 4. The van der Waals surface area contributed by atoms with E-state index in [0.29, 0.717) is 11.8 Å². The minimum Gasteiger partial charge on any atom is -0.471 e. The molecule has 0 saturated carbocycles. The SMILES string of the molecule is CCC(C)(C)Oc1ncccc1CCl. The third kappa shape index (κ3) is 2.88. The van der Waals surface area contributed by atoms with Gasteiger partial charge in [-0.05, 0) is 26.3 Å². The monoisotopic (exact) mass is 213 g/mol. The third-order valence-electron chi connectivity index (χ3n) is 2.22. The zero-order valence-corrected chi connectivity index (χ0v) is 9.64. The summed E-state index contributed by atoms with van der Waals surface area (Å²) in [6, 6.07) is 3.80. The van der Waals surface area contributed by atoms with Crippen molar-refractivity contribution in [1.29, 1.82) is 0 Å². The second-order valence-corrected chi connectivity index (χ2v) is 4.08. The molecular formula is C11H16ClNO. The molecule has 0 aromatic carbocycles. The lowest BCUT2D eigenvalue weighted by Crippen LogP contribution is -2.27. The second-order valence-electron chi connectivity index (χ2n) is 3.82. The summed E-state index contributed by atoms with van der Waals surface area (Å²) >= 11 is 5.78. The second kappa shape index (κ2) is 4.65. The molecule has 0 aliphatic carbocycles. The van der Waals surface area contributed by atoms with Crippen molar-refractivity contribution < 1.29 is 4.74 Å². The Balaban J connectivity index is 2.85. The molecule has 0 aliphatic rings. The molecule has 2 nitrogen and oxygen atoms in total. The Morgan fingerprint density at radius 2 is 2.21 bits per heavy atom. The zero-order valence-electron chi connectivity index (χ0n) is 8.88. The van der Waals surface area contributed by atoms with Crippen LogP contribution in [-0.4, -0.2) is 10.6 Å². The van der Waals surface area contributed by atoms with Gasteiger partial charge in [0, 0.05) is 11.8 Å². The fraction of sp³-hybridized carbons (Fsp3) is 0.545. The molecule has 0 bridgehead atoms. The van der Waals surface area contributed by atoms with Crippen molar-refractivity contribution in [2.75, 3.05) is 0 Å². The van der Waals surface area contributed by atoms with Gasteiger partial charge in [-0.3, -0.25) is 0 Å². The van der Waals surface area contributed by atoms with E-state index < -0.39 is 0 Å². The standard InChI is InChI=1S/C11H16ClNO/c1-4-11(2,3)14-10-9(8-12)6-5-7-13-10/h5-7H,4,8H2,1-3H3. The highest BCUT2D eigenvalue weighted by molar-refractivity contribution is 6.17. The van der Waals surface area contributed by atoms with E-state index >= 15 is 0 Å². The molecule has 1 heterocycles. The number of hydrogen-bond donors (Lipinski definition) is 0. The van der Waals surface area contributed by atoms with Gasteiger partial charge in [0.05, 0.1) is 5.88 Å².